The van der Waals surface area contributed by atoms with Crippen molar-refractivity contribution in [3.05, 3.63) is 46.4 Å². The molecule has 6 nitrogen and oxygen atoms in total. The Morgan fingerprint density at radius 1 is 1.43 bits per heavy atom. The molecule has 3 rings (SSSR count). The minimum atomic E-state index is -0.530. The van der Waals surface area contributed by atoms with Crippen LogP contribution in [0, 0.1) is 0 Å². The third-order valence-corrected chi connectivity index (χ3v) is 4.64. The van der Waals surface area contributed by atoms with E-state index in [-0.39, 0.29) is 11.9 Å². The Balaban J connectivity index is 1.55. The Kier molecular flexibility index (Phi) is 4.90. The topological polar surface area (TPSA) is 74.7 Å². The predicted octanol–water partition coefficient (Wildman–Crippen LogP) is 1.13. The van der Waals surface area contributed by atoms with Crippen LogP contribution in [0.25, 0.3) is 0 Å². The lowest BCUT2D eigenvalue weighted by molar-refractivity contribution is 0.0892. The summed E-state index contributed by atoms with van der Waals surface area (Å²) in [6, 6.07) is 9.24. The molecule has 2 heterocycles. The first-order valence-electron chi connectivity index (χ1n) is 7.42. The van der Waals surface area contributed by atoms with Crippen molar-refractivity contribution in [3.8, 4) is 5.75 Å². The average Bonchev–Trinajstić information content (AvgIpc) is 3.13. The molecule has 122 valence electrons. The van der Waals surface area contributed by atoms with Gasteiger partial charge >= 0.3 is 0 Å². The van der Waals surface area contributed by atoms with Crippen LogP contribution in [0.15, 0.2) is 36.5 Å². The van der Waals surface area contributed by atoms with Gasteiger partial charge in [0.25, 0.3) is 5.91 Å². The number of β-amino-alcohol motifs (C(OH)–C–C–N with tert-alkyl or cyclic N) is 1. The molecule has 1 aliphatic heterocycles. The number of carbonyl (C=O) groups is 1. The van der Waals surface area contributed by atoms with Gasteiger partial charge in [-0.25, -0.2) is 4.98 Å². The van der Waals surface area contributed by atoms with E-state index in [1.54, 1.807) is 6.20 Å². The maximum Gasteiger partial charge on any atom is 0.263 e. The summed E-state index contributed by atoms with van der Waals surface area (Å²) in [6.07, 6.45) is 1.02. The quantitative estimate of drug-likeness (QED) is 0.858. The number of likely N-dealkylation sites (N-methyl/N-ethyl adjacent to an activating group) is 1. The van der Waals surface area contributed by atoms with E-state index < -0.39 is 6.10 Å². The first-order valence-corrected chi connectivity index (χ1v) is 8.23. The van der Waals surface area contributed by atoms with Crippen LogP contribution >= 0.6 is 11.3 Å². The highest BCUT2D eigenvalue weighted by atomic mass is 32.1. The summed E-state index contributed by atoms with van der Waals surface area (Å²) in [4.78, 5) is 19.0. The Morgan fingerprint density at radius 3 is 2.91 bits per heavy atom. The smallest absolute Gasteiger partial charge is 0.263 e. The number of benzene rings is 1. The fourth-order valence-corrected chi connectivity index (χ4v) is 3.24. The molecule has 2 N–H and O–H groups in total. The molecule has 1 amide bonds. The molecule has 1 aliphatic rings. The minimum Gasteiger partial charge on any atom is -0.486 e. The molecule has 1 fully saturated rings. The molecule has 1 aromatic carbocycles. The first-order chi connectivity index (χ1) is 11.1. The maximum atomic E-state index is 12.2. The number of aromatic nitrogens is 1. The number of nitrogens with one attached hydrogen (secondary N) is 1. The SMILES string of the molecule is CN1C[C@@H](O)[C@H](NC(=O)c2cnc(COc3ccccc3)s2)C1. The van der Waals surface area contributed by atoms with Gasteiger partial charge in [-0.15, -0.1) is 11.3 Å². The van der Waals surface area contributed by atoms with Crippen molar-refractivity contribution >= 4 is 17.2 Å². The fraction of sp³-hybridized carbons (Fsp3) is 0.375. The van der Waals surface area contributed by atoms with Crippen molar-refractivity contribution in [1.82, 2.24) is 15.2 Å². The molecule has 7 heteroatoms. The number of hydrogen-bond acceptors (Lipinski definition) is 6. The number of amides is 1. The standard InChI is InChI=1S/C16H19N3O3S/c1-19-8-12(13(20)9-19)18-16(21)14-7-17-15(23-14)10-22-11-5-3-2-4-6-11/h2-7,12-13,20H,8-10H2,1H3,(H,18,21)/t12-,13-/m1/s1. The molecule has 0 aliphatic carbocycles. The third kappa shape index (κ3) is 4.07. The monoisotopic (exact) mass is 333 g/mol. The molecule has 0 saturated carbocycles. The molecule has 0 bridgehead atoms. The van der Waals surface area contributed by atoms with Gasteiger partial charge in [-0.2, -0.15) is 0 Å². The van der Waals surface area contributed by atoms with E-state index in [9.17, 15) is 9.90 Å². The second kappa shape index (κ2) is 7.08. The molecule has 2 aromatic rings. The number of hydrogen-bond donors (Lipinski definition) is 2. The number of carbonyl (C=O) groups excluding carboxylic acids is 1. The summed E-state index contributed by atoms with van der Waals surface area (Å²) >= 11 is 1.30. The molecule has 0 radical (unpaired) electrons. The van der Waals surface area contributed by atoms with Gasteiger partial charge in [-0.05, 0) is 19.2 Å². The van der Waals surface area contributed by atoms with Crippen LogP contribution in [0.2, 0.25) is 0 Å². The number of rotatable bonds is 5. The van der Waals surface area contributed by atoms with Gasteiger partial charge in [-0.1, -0.05) is 18.2 Å². The number of aliphatic hydroxyl groups is 1. The zero-order valence-corrected chi connectivity index (χ0v) is 13.6. The molecular formula is C16H19N3O3S. The zero-order valence-electron chi connectivity index (χ0n) is 12.8. The Labute approximate surface area is 138 Å². The number of para-hydroxylation sites is 1. The number of thiazole rings is 1. The van der Waals surface area contributed by atoms with Gasteiger partial charge in [0.05, 0.1) is 18.3 Å². The highest BCUT2D eigenvalue weighted by Gasteiger charge is 2.30. The second-order valence-corrected chi connectivity index (χ2v) is 6.70. The van der Waals surface area contributed by atoms with Crippen LogP contribution in [0.5, 0.6) is 5.75 Å². The molecule has 1 saturated heterocycles. The highest BCUT2D eigenvalue weighted by molar-refractivity contribution is 7.13. The lowest BCUT2D eigenvalue weighted by Gasteiger charge is -2.14. The van der Waals surface area contributed by atoms with Gasteiger partial charge in [0, 0.05) is 13.1 Å². The molecule has 23 heavy (non-hydrogen) atoms. The molecule has 2 atom stereocenters. The van der Waals surface area contributed by atoms with Crippen molar-refractivity contribution in [3.63, 3.8) is 0 Å². The molecule has 0 spiro atoms. The number of ether oxygens (including phenoxy) is 1. The van der Waals surface area contributed by atoms with E-state index in [4.69, 9.17) is 4.74 Å². The normalized spacial score (nSPS) is 21.3. The van der Waals surface area contributed by atoms with E-state index >= 15 is 0 Å². The average molecular weight is 333 g/mol. The van der Waals surface area contributed by atoms with Crippen molar-refractivity contribution in [2.45, 2.75) is 18.8 Å². The van der Waals surface area contributed by atoms with E-state index in [0.717, 1.165) is 10.8 Å². The van der Waals surface area contributed by atoms with Crippen LogP contribution in [-0.2, 0) is 6.61 Å². The summed E-state index contributed by atoms with van der Waals surface area (Å²) in [6.45, 7) is 1.55. The van der Waals surface area contributed by atoms with Gasteiger partial charge in [-0.3, -0.25) is 4.79 Å². The molecule has 1 aromatic heterocycles. The van der Waals surface area contributed by atoms with Crippen molar-refractivity contribution in [2.75, 3.05) is 20.1 Å². The largest absolute Gasteiger partial charge is 0.486 e. The van der Waals surface area contributed by atoms with Gasteiger partial charge in [0.15, 0.2) is 0 Å². The zero-order chi connectivity index (χ0) is 16.2. The van der Waals surface area contributed by atoms with Crippen molar-refractivity contribution in [2.24, 2.45) is 0 Å². The summed E-state index contributed by atoms with van der Waals surface area (Å²) in [7, 11) is 1.92. The van der Waals surface area contributed by atoms with E-state index in [1.807, 2.05) is 42.3 Å². The van der Waals surface area contributed by atoms with E-state index in [1.165, 1.54) is 11.3 Å². The Morgan fingerprint density at radius 2 is 2.22 bits per heavy atom. The second-order valence-electron chi connectivity index (χ2n) is 5.59. The maximum absolute atomic E-state index is 12.2. The highest BCUT2D eigenvalue weighted by Crippen LogP contribution is 2.17. The van der Waals surface area contributed by atoms with Crippen LogP contribution in [0.3, 0.4) is 0 Å². The third-order valence-electron chi connectivity index (χ3n) is 3.67. The molecular weight excluding hydrogens is 314 g/mol. The number of likely N-dealkylation sites (tertiary alicyclic amines) is 1. The predicted molar refractivity (Wildman–Crippen MR) is 87.6 cm³/mol. The summed E-state index contributed by atoms with van der Waals surface area (Å²) < 4.78 is 5.62. The van der Waals surface area contributed by atoms with Crippen molar-refractivity contribution in [1.29, 1.82) is 0 Å². The van der Waals surface area contributed by atoms with Crippen LogP contribution in [0.4, 0.5) is 0 Å². The summed E-state index contributed by atoms with van der Waals surface area (Å²) in [5, 5.41) is 13.5. The lowest BCUT2D eigenvalue weighted by atomic mass is 10.2. The van der Waals surface area contributed by atoms with E-state index in [2.05, 4.69) is 10.3 Å². The number of aliphatic hydroxyl groups excluding tert-OH is 1. The van der Waals surface area contributed by atoms with E-state index in [0.29, 0.717) is 24.6 Å². The van der Waals surface area contributed by atoms with Gasteiger partial charge in [0.2, 0.25) is 0 Å². The summed E-state index contributed by atoms with van der Waals surface area (Å²) in [5.74, 6) is 0.568. The van der Waals surface area contributed by atoms with Gasteiger partial charge in [0.1, 0.15) is 22.2 Å². The number of nitrogens with zero attached hydrogens (tertiary/aromatic N) is 2. The minimum absolute atomic E-state index is 0.201. The van der Waals surface area contributed by atoms with Crippen LogP contribution in [0.1, 0.15) is 14.7 Å². The van der Waals surface area contributed by atoms with Crippen LogP contribution in [-0.4, -0.2) is 53.2 Å². The first kappa shape index (κ1) is 15.9. The summed E-state index contributed by atoms with van der Waals surface area (Å²) in [5.41, 5.74) is 0. The fourth-order valence-electron chi connectivity index (χ4n) is 2.50. The molecule has 0 unspecified atom stereocenters. The van der Waals surface area contributed by atoms with Crippen molar-refractivity contribution < 1.29 is 14.6 Å². The van der Waals surface area contributed by atoms with Crippen LogP contribution < -0.4 is 10.1 Å². The van der Waals surface area contributed by atoms with Gasteiger partial charge < -0.3 is 20.1 Å². The Bertz CT molecular complexity index is 662. The Hall–Kier alpha value is -1.96. The lowest BCUT2D eigenvalue weighted by Crippen LogP contribution is -2.42.